The molecule has 0 saturated carbocycles. The second kappa shape index (κ2) is 6.30. The van der Waals surface area contributed by atoms with E-state index in [1.54, 1.807) is 0 Å². The second-order valence-corrected chi connectivity index (χ2v) is 6.88. The van der Waals surface area contributed by atoms with Gasteiger partial charge in [-0.1, -0.05) is 12.1 Å². The maximum absolute atomic E-state index is 12.7. The van der Waals surface area contributed by atoms with Crippen LogP contribution in [0.5, 0.6) is 0 Å². The molecule has 2 heterocycles. The Morgan fingerprint density at radius 2 is 1.96 bits per heavy atom. The van der Waals surface area contributed by atoms with Gasteiger partial charge >= 0.3 is 0 Å². The molecule has 3 rings (SSSR count). The molecule has 1 aliphatic rings. The number of carbonyl (C=O) groups is 2. The molecule has 0 spiro atoms. The Labute approximate surface area is 142 Å². The lowest BCUT2D eigenvalue weighted by molar-refractivity contribution is -0.129. The molecule has 1 aliphatic heterocycles. The lowest BCUT2D eigenvalue weighted by atomic mass is 10.0. The topological polar surface area (TPSA) is 65.2 Å². The highest BCUT2D eigenvalue weighted by atomic mass is 16.2. The molecular weight excluding hydrogens is 302 g/mol. The zero-order valence-electron chi connectivity index (χ0n) is 14.8. The lowest BCUT2D eigenvalue weighted by Crippen LogP contribution is -2.37. The Hall–Kier alpha value is -2.30. The summed E-state index contributed by atoms with van der Waals surface area (Å²) in [5.74, 6) is 0.0978. The number of benzene rings is 1. The molecule has 24 heavy (non-hydrogen) atoms. The normalized spacial score (nSPS) is 17.5. The number of aromatic amines is 1. The summed E-state index contributed by atoms with van der Waals surface area (Å²) in [6.07, 6.45) is 1.24. The van der Waals surface area contributed by atoms with Gasteiger partial charge in [-0.15, -0.1) is 0 Å². The summed E-state index contributed by atoms with van der Waals surface area (Å²) in [6, 6.07) is 4.30. The summed E-state index contributed by atoms with van der Waals surface area (Å²) in [7, 11) is 0. The molecule has 0 radical (unpaired) electrons. The van der Waals surface area contributed by atoms with Crippen LogP contribution in [-0.4, -0.2) is 40.8 Å². The van der Waals surface area contributed by atoms with Gasteiger partial charge in [0.1, 0.15) is 0 Å². The van der Waals surface area contributed by atoms with Crippen LogP contribution in [0.3, 0.4) is 0 Å². The zero-order chi connectivity index (χ0) is 17.4. The maximum atomic E-state index is 12.7. The number of aryl methyl sites for hydroxylation is 3. The molecule has 1 unspecified atom stereocenters. The van der Waals surface area contributed by atoms with Crippen LogP contribution in [0.15, 0.2) is 12.1 Å². The van der Waals surface area contributed by atoms with E-state index < -0.39 is 0 Å². The van der Waals surface area contributed by atoms with Crippen LogP contribution in [0.25, 0.3) is 10.9 Å². The van der Waals surface area contributed by atoms with Gasteiger partial charge in [0.15, 0.2) is 0 Å². The van der Waals surface area contributed by atoms with Crippen LogP contribution in [0.4, 0.5) is 0 Å². The molecule has 0 aliphatic carbocycles. The minimum absolute atomic E-state index is 0.0344. The zero-order valence-corrected chi connectivity index (χ0v) is 14.8. The standard InChI is InChI=1S/C19H25N3O2/c1-11-5-6-12(2)19-18(11)16(13(3)20-19)9-17(24)22-8-7-15(10-22)21-14(4)23/h5-6,15,20H,7-10H2,1-4H3,(H,21,23). The van der Waals surface area contributed by atoms with E-state index in [4.69, 9.17) is 0 Å². The molecule has 1 saturated heterocycles. The van der Waals surface area contributed by atoms with Gasteiger partial charge in [0.25, 0.3) is 0 Å². The van der Waals surface area contributed by atoms with Crippen LogP contribution in [0, 0.1) is 20.8 Å². The van der Waals surface area contributed by atoms with Crippen molar-refractivity contribution in [3.8, 4) is 0 Å². The average molecular weight is 327 g/mol. The third-order valence-corrected chi connectivity index (χ3v) is 4.97. The fraction of sp³-hybridized carbons (Fsp3) is 0.474. The summed E-state index contributed by atoms with van der Waals surface area (Å²) in [5, 5.41) is 4.08. The molecule has 0 bridgehead atoms. The highest BCUT2D eigenvalue weighted by Crippen LogP contribution is 2.29. The summed E-state index contributed by atoms with van der Waals surface area (Å²) < 4.78 is 0. The first-order valence-electron chi connectivity index (χ1n) is 8.49. The van der Waals surface area contributed by atoms with Crippen molar-refractivity contribution in [2.45, 2.75) is 46.6 Å². The van der Waals surface area contributed by atoms with Crippen molar-refractivity contribution in [2.24, 2.45) is 0 Å². The van der Waals surface area contributed by atoms with E-state index in [2.05, 4.69) is 36.3 Å². The first-order chi connectivity index (χ1) is 11.4. The third kappa shape index (κ3) is 3.03. The van der Waals surface area contributed by atoms with Crippen LogP contribution in [-0.2, 0) is 16.0 Å². The first-order valence-corrected chi connectivity index (χ1v) is 8.49. The van der Waals surface area contributed by atoms with Gasteiger partial charge in [-0.05, 0) is 43.9 Å². The minimum atomic E-state index is -0.0344. The fourth-order valence-corrected chi connectivity index (χ4v) is 3.69. The van der Waals surface area contributed by atoms with Gasteiger partial charge in [-0.2, -0.15) is 0 Å². The van der Waals surface area contributed by atoms with Gasteiger partial charge < -0.3 is 15.2 Å². The lowest BCUT2D eigenvalue weighted by Gasteiger charge is -2.17. The van der Waals surface area contributed by atoms with E-state index >= 15 is 0 Å². The number of H-pyrrole nitrogens is 1. The maximum Gasteiger partial charge on any atom is 0.227 e. The Morgan fingerprint density at radius 3 is 2.67 bits per heavy atom. The summed E-state index contributed by atoms with van der Waals surface area (Å²) >= 11 is 0. The fourth-order valence-electron chi connectivity index (χ4n) is 3.69. The van der Waals surface area contributed by atoms with Gasteiger partial charge in [0.05, 0.1) is 6.42 Å². The minimum Gasteiger partial charge on any atom is -0.358 e. The molecule has 1 atom stereocenters. The second-order valence-electron chi connectivity index (χ2n) is 6.88. The van der Waals surface area contributed by atoms with Crippen molar-refractivity contribution in [1.29, 1.82) is 0 Å². The monoisotopic (exact) mass is 327 g/mol. The molecule has 1 aromatic heterocycles. The molecule has 1 aromatic carbocycles. The number of likely N-dealkylation sites (tertiary alicyclic amines) is 1. The number of aromatic nitrogens is 1. The summed E-state index contributed by atoms with van der Waals surface area (Å²) in [6.45, 7) is 9.05. The van der Waals surface area contributed by atoms with Crippen molar-refractivity contribution in [1.82, 2.24) is 15.2 Å². The number of nitrogens with zero attached hydrogens (tertiary/aromatic N) is 1. The van der Waals surface area contributed by atoms with Gasteiger partial charge in [-0.25, -0.2) is 0 Å². The van der Waals surface area contributed by atoms with Gasteiger partial charge in [0.2, 0.25) is 11.8 Å². The molecule has 2 N–H and O–H groups in total. The number of carbonyl (C=O) groups excluding carboxylic acids is 2. The van der Waals surface area contributed by atoms with Crippen molar-refractivity contribution < 1.29 is 9.59 Å². The van der Waals surface area contributed by atoms with Crippen LogP contribution in [0.2, 0.25) is 0 Å². The Kier molecular flexibility index (Phi) is 4.35. The predicted octanol–water partition coefficient (Wildman–Crippen LogP) is 2.37. The van der Waals surface area contributed by atoms with Crippen molar-refractivity contribution in [3.63, 3.8) is 0 Å². The number of nitrogens with one attached hydrogen (secondary N) is 2. The number of hydrogen-bond acceptors (Lipinski definition) is 2. The van der Waals surface area contributed by atoms with E-state index in [0.29, 0.717) is 19.5 Å². The smallest absolute Gasteiger partial charge is 0.227 e. The number of rotatable bonds is 3. The van der Waals surface area contributed by atoms with E-state index in [0.717, 1.165) is 23.2 Å². The highest BCUT2D eigenvalue weighted by Gasteiger charge is 2.27. The molecule has 128 valence electrons. The Bertz CT molecular complexity index is 807. The SMILES string of the molecule is CC(=O)NC1CCN(C(=O)Cc2c(C)[nH]c3c(C)ccc(C)c23)C1. The highest BCUT2D eigenvalue weighted by molar-refractivity contribution is 5.94. The van der Waals surface area contributed by atoms with E-state index in [1.165, 1.54) is 23.4 Å². The number of hydrogen-bond donors (Lipinski definition) is 2. The molecule has 5 heteroatoms. The Balaban J connectivity index is 1.81. The Morgan fingerprint density at radius 1 is 1.25 bits per heavy atom. The number of fused-ring (bicyclic) bond motifs is 1. The molecular formula is C19H25N3O2. The molecule has 5 nitrogen and oxygen atoms in total. The average Bonchev–Trinajstić information content (AvgIpc) is 3.09. The predicted molar refractivity (Wildman–Crippen MR) is 95.0 cm³/mol. The quantitative estimate of drug-likeness (QED) is 0.909. The largest absolute Gasteiger partial charge is 0.358 e. The van der Waals surface area contributed by atoms with Crippen molar-refractivity contribution in [3.05, 3.63) is 34.5 Å². The van der Waals surface area contributed by atoms with Gasteiger partial charge in [0, 0.05) is 42.7 Å². The van der Waals surface area contributed by atoms with E-state index in [9.17, 15) is 9.59 Å². The van der Waals surface area contributed by atoms with Crippen LogP contribution < -0.4 is 5.32 Å². The van der Waals surface area contributed by atoms with Gasteiger partial charge in [-0.3, -0.25) is 9.59 Å². The molecule has 2 amide bonds. The van der Waals surface area contributed by atoms with E-state index in [-0.39, 0.29) is 17.9 Å². The van der Waals surface area contributed by atoms with Crippen molar-refractivity contribution in [2.75, 3.05) is 13.1 Å². The van der Waals surface area contributed by atoms with Crippen LogP contribution >= 0.6 is 0 Å². The third-order valence-electron chi connectivity index (χ3n) is 4.97. The summed E-state index contributed by atoms with van der Waals surface area (Å²) in [5.41, 5.74) is 5.69. The summed E-state index contributed by atoms with van der Waals surface area (Å²) in [4.78, 5) is 29.2. The molecule has 2 aromatic rings. The first kappa shape index (κ1) is 16.6. The number of amides is 2. The van der Waals surface area contributed by atoms with E-state index in [1.807, 2.05) is 11.8 Å². The van der Waals surface area contributed by atoms with Crippen molar-refractivity contribution >= 4 is 22.7 Å². The molecule has 1 fully saturated rings. The van der Waals surface area contributed by atoms with Crippen LogP contribution in [0.1, 0.15) is 35.7 Å².